The monoisotopic (exact) mass is 289 g/mol. The maximum Gasteiger partial charge on any atom is 0.238 e. The number of carbonyl (C=O) groups excluding carboxylic acids is 2. The van der Waals surface area contributed by atoms with Crippen LogP contribution in [-0.4, -0.2) is 42.3 Å². The number of amides is 1. The zero-order chi connectivity index (χ0) is 15.4. The number of hydrogen-bond donors (Lipinski definition) is 2. The van der Waals surface area contributed by atoms with Crippen LogP contribution < -0.4 is 11.1 Å². The van der Waals surface area contributed by atoms with Crippen molar-refractivity contribution in [1.29, 1.82) is 0 Å². The molecule has 114 valence electrons. The van der Waals surface area contributed by atoms with Gasteiger partial charge in [0.05, 0.1) is 6.54 Å². The van der Waals surface area contributed by atoms with Crippen LogP contribution in [0.25, 0.3) is 0 Å². The Labute approximate surface area is 125 Å². The highest BCUT2D eigenvalue weighted by molar-refractivity contribution is 5.96. The van der Waals surface area contributed by atoms with Gasteiger partial charge in [-0.25, -0.2) is 0 Å². The van der Waals surface area contributed by atoms with Crippen LogP contribution in [0.15, 0.2) is 24.3 Å². The van der Waals surface area contributed by atoms with E-state index in [1.54, 1.807) is 24.3 Å². The Morgan fingerprint density at radius 3 is 2.57 bits per heavy atom. The Hall–Kier alpha value is -1.72. The SMILES string of the molecule is CC(=O)c1ccc(NC(=O)CN2CCC(C(C)N)C2)cc1. The minimum absolute atomic E-state index is 0.0203. The number of nitrogens with one attached hydrogen (secondary N) is 1. The van der Waals surface area contributed by atoms with Crippen LogP contribution in [0.1, 0.15) is 30.6 Å². The zero-order valence-corrected chi connectivity index (χ0v) is 12.6. The van der Waals surface area contributed by atoms with Crippen molar-refractivity contribution in [2.75, 3.05) is 25.0 Å². The van der Waals surface area contributed by atoms with E-state index < -0.39 is 0 Å². The van der Waals surface area contributed by atoms with E-state index in [4.69, 9.17) is 5.73 Å². The van der Waals surface area contributed by atoms with Crippen molar-refractivity contribution >= 4 is 17.4 Å². The highest BCUT2D eigenvalue weighted by atomic mass is 16.2. The number of Topliss-reactive ketones (excluding diaryl/α,β-unsaturated/α-hetero) is 1. The van der Waals surface area contributed by atoms with Crippen molar-refractivity contribution in [3.63, 3.8) is 0 Å². The number of rotatable bonds is 5. The summed E-state index contributed by atoms with van der Waals surface area (Å²) in [7, 11) is 0. The van der Waals surface area contributed by atoms with Crippen molar-refractivity contribution in [2.24, 2.45) is 11.7 Å². The van der Waals surface area contributed by atoms with E-state index >= 15 is 0 Å². The molecule has 1 saturated heterocycles. The summed E-state index contributed by atoms with van der Waals surface area (Å²) < 4.78 is 0. The van der Waals surface area contributed by atoms with Gasteiger partial charge < -0.3 is 11.1 Å². The molecule has 0 saturated carbocycles. The van der Waals surface area contributed by atoms with Crippen molar-refractivity contribution in [1.82, 2.24) is 4.90 Å². The average molecular weight is 289 g/mol. The highest BCUT2D eigenvalue weighted by Crippen LogP contribution is 2.18. The first-order chi connectivity index (χ1) is 9.95. The van der Waals surface area contributed by atoms with Crippen molar-refractivity contribution in [3.8, 4) is 0 Å². The quantitative estimate of drug-likeness (QED) is 0.805. The van der Waals surface area contributed by atoms with Crippen LogP contribution in [0.4, 0.5) is 5.69 Å². The smallest absolute Gasteiger partial charge is 0.238 e. The maximum absolute atomic E-state index is 12.0. The largest absolute Gasteiger partial charge is 0.328 e. The first kappa shape index (κ1) is 15.7. The summed E-state index contributed by atoms with van der Waals surface area (Å²) in [6.07, 6.45) is 1.05. The van der Waals surface area contributed by atoms with Crippen molar-refractivity contribution < 1.29 is 9.59 Å². The molecule has 0 spiro atoms. The van der Waals surface area contributed by atoms with E-state index in [9.17, 15) is 9.59 Å². The topological polar surface area (TPSA) is 75.4 Å². The van der Waals surface area contributed by atoms with E-state index in [2.05, 4.69) is 10.2 Å². The first-order valence-electron chi connectivity index (χ1n) is 7.34. The Morgan fingerprint density at radius 2 is 2.05 bits per heavy atom. The van der Waals surface area contributed by atoms with Crippen molar-refractivity contribution in [3.05, 3.63) is 29.8 Å². The van der Waals surface area contributed by atoms with Crippen LogP contribution >= 0.6 is 0 Å². The third kappa shape index (κ3) is 4.37. The Morgan fingerprint density at radius 1 is 1.38 bits per heavy atom. The lowest BCUT2D eigenvalue weighted by atomic mass is 10.0. The minimum atomic E-state index is -0.0316. The lowest BCUT2D eigenvalue weighted by Crippen LogP contribution is -2.34. The second-order valence-corrected chi connectivity index (χ2v) is 5.82. The molecule has 0 aliphatic carbocycles. The molecule has 1 aromatic rings. The number of likely N-dealkylation sites (tertiary alicyclic amines) is 1. The standard InChI is InChI=1S/C16H23N3O2/c1-11(17)14-7-8-19(9-14)10-16(21)18-15-5-3-13(4-6-15)12(2)20/h3-6,11,14H,7-10,17H2,1-2H3,(H,18,21). The van der Waals surface area contributed by atoms with Gasteiger partial charge in [0, 0.05) is 23.8 Å². The summed E-state index contributed by atoms with van der Waals surface area (Å²) in [4.78, 5) is 25.3. The predicted molar refractivity (Wildman–Crippen MR) is 83.3 cm³/mol. The maximum atomic E-state index is 12.0. The minimum Gasteiger partial charge on any atom is -0.328 e. The molecule has 1 aromatic carbocycles. The molecule has 1 aliphatic rings. The summed E-state index contributed by atoms with van der Waals surface area (Å²) in [5.74, 6) is 0.468. The molecule has 3 N–H and O–H groups in total. The molecule has 0 bridgehead atoms. The number of carbonyl (C=O) groups is 2. The third-order valence-electron chi connectivity index (χ3n) is 3.99. The number of nitrogens with two attached hydrogens (primary N) is 1. The summed E-state index contributed by atoms with van der Waals surface area (Å²) in [5.41, 5.74) is 7.26. The van der Waals surface area contributed by atoms with Gasteiger partial charge in [0.15, 0.2) is 5.78 Å². The fraction of sp³-hybridized carbons (Fsp3) is 0.500. The second kappa shape index (κ2) is 6.83. The van der Waals surface area contributed by atoms with Gasteiger partial charge in [-0.15, -0.1) is 0 Å². The highest BCUT2D eigenvalue weighted by Gasteiger charge is 2.26. The molecular weight excluding hydrogens is 266 g/mol. The molecule has 1 heterocycles. The second-order valence-electron chi connectivity index (χ2n) is 5.82. The number of anilines is 1. The molecule has 21 heavy (non-hydrogen) atoms. The first-order valence-corrected chi connectivity index (χ1v) is 7.34. The number of nitrogens with zero attached hydrogens (tertiary/aromatic N) is 1. The molecular formula is C16H23N3O2. The predicted octanol–water partition coefficient (Wildman–Crippen LogP) is 1.50. The molecule has 1 fully saturated rings. The Kier molecular flexibility index (Phi) is 5.09. The van der Waals surface area contributed by atoms with Gasteiger partial charge in [-0.1, -0.05) is 0 Å². The van der Waals surface area contributed by atoms with E-state index in [1.165, 1.54) is 6.92 Å². The summed E-state index contributed by atoms with van der Waals surface area (Å²) in [6, 6.07) is 7.13. The fourth-order valence-corrected chi connectivity index (χ4v) is 2.63. The summed E-state index contributed by atoms with van der Waals surface area (Å²) >= 11 is 0. The van der Waals surface area contributed by atoms with Crippen LogP contribution in [0.5, 0.6) is 0 Å². The molecule has 1 amide bonds. The summed E-state index contributed by atoms with van der Waals surface area (Å²) in [6.45, 7) is 5.73. The van der Waals surface area contributed by atoms with Gasteiger partial charge in [0.25, 0.3) is 0 Å². The third-order valence-corrected chi connectivity index (χ3v) is 3.99. The van der Waals surface area contributed by atoms with E-state index in [-0.39, 0.29) is 17.7 Å². The van der Waals surface area contributed by atoms with Gasteiger partial charge in [-0.3, -0.25) is 14.5 Å². The molecule has 5 heteroatoms. The van der Waals surface area contributed by atoms with Gasteiger partial charge in [0.2, 0.25) is 5.91 Å². The molecule has 2 atom stereocenters. The van der Waals surface area contributed by atoms with Crippen LogP contribution in [0.3, 0.4) is 0 Å². The normalized spacial score (nSPS) is 20.2. The van der Waals surface area contributed by atoms with E-state index in [1.807, 2.05) is 6.92 Å². The van der Waals surface area contributed by atoms with Crippen molar-refractivity contribution in [2.45, 2.75) is 26.3 Å². The van der Waals surface area contributed by atoms with Gasteiger partial charge in [-0.2, -0.15) is 0 Å². The number of hydrogen-bond acceptors (Lipinski definition) is 4. The molecule has 2 rings (SSSR count). The molecule has 0 radical (unpaired) electrons. The average Bonchev–Trinajstić information content (AvgIpc) is 2.87. The lowest BCUT2D eigenvalue weighted by molar-refractivity contribution is -0.117. The van der Waals surface area contributed by atoms with Crippen LogP contribution in [0.2, 0.25) is 0 Å². The lowest BCUT2D eigenvalue weighted by Gasteiger charge is -2.17. The molecule has 2 unspecified atom stereocenters. The van der Waals surface area contributed by atoms with Gasteiger partial charge in [0.1, 0.15) is 0 Å². The Balaban J connectivity index is 1.83. The zero-order valence-electron chi connectivity index (χ0n) is 12.6. The van der Waals surface area contributed by atoms with E-state index in [0.29, 0.717) is 23.7 Å². The Bertz CT molecular complexity index is 511. The summed E-state index contributed by atoms with van der Waals surface area (Å²) in [5, 5.41) is 2.86. The molecule has 1 aliphatic heterocycles. The number of benzene rings is 1. The molecule has 5 nitrogen and oxygen atoms in total. The molecule has 0 aromatic heterocycles. The fourth-order valence-electron chi connectivity index (χ4n) is 2.63. The van der Waals surface area contributed by atoms with Crippen LogP contribution in [0, 0.1) is 5.92 Å². The number of ketones is 1. The van der Waals surface area contributed by atoms with E-state index in [0.717, 1.165) is 19.5 Å². The van der Waals surface area contributed by atoms with Gasteiger partial charge in [-0.05, 0) is 57.0 Å². The van der Waals surface area contributed by atoms with Gasteiger partial charge >= 0.3 is 0 Å². The van der Waals surface area contributed by atoms with Crippen LogP contribution in [-0.2, 0) is 4.79 Å².